The van der Waals surface area contributed by atoms with Gasteiger partial charge in [0.15, 0.2) is 0 Å². The van der Waals surface area contributed by atoms with E-state index in [1.165, 1.54) is 29.2 Å². The van der Waals surface area contributed by atoms with Crippen molar-refractivity contribution in [1.82, 2.24) is 14.9 Å². The Hall–Kier alpha value is -3.57. The molecule has 2 aromatic heterocycles. The molecule has 1 N–H and O–H groups in total. The second-order valence-electron chi connectivity index (χ2n) is 7.52. The first kappa shape index (κ1) is 24.6. The van der Waals surface area contributed by atoms with Gasteiger partial charge in [0.2, 0.25) is 0 Å². The Morgan fingerprint density at radius 2 is 1.80 bits per heavy atom. The second-order valence-corrected chi connectivity index (χ2v) is 9.05. The molecular weight excluding hydrogens is 503 g/mol. The van der Waals surface area contributed by atoms with Crippen molar-refractivity contribution < 1.29 is 22.8 Å². The van der Waals surface area contributed by atoms with Gasteiger partial charge >= 0.3 is 11.5 Å². The van der Waals surface area contributed by atoms with Crippen molar-refractivity contribution in [2.45, 2.75) is 23.9 Å². The zero-order valence-corrected chi connectivity index (χ0v) is 19.7. The predicted molar refractivity (Wildman–Crippen MR) is 127 cm³/mol. The number of rotatable bonds is 6. The summed E-state index contributed by atoms with van der Waals surface area (Å²) < 4.78 is 37.7. The fourth-order valence-corrected chi connectivity index (χ4v) is 4.15. The van der Waals surface area contributed by atoms with Crippen LogP contribution >= 0.6 is 23.4 Å². The summed E-state index contributed by atoms with van der Waals surface area (Å²) in [4.78, 5) is 36.2. The third-order valence-corrected chi connectivity index (χ3v) is 5.83. The summed E-state index contributed by atoms with van der Waals surface area (Å²) in [6, 6.07) is 11.1. The van der Waals surface area contributed by atoms with Crippen LogP contribution in [0.4, 0.5) is 35.3 Å². The molecule has 0 saturated carbocycles. The van der Waals surface area contributed by atoms with Crippen molar-refractivity contribution in [3.05, 3.63) is 83.3 Å². The van der Waals surface area contributed by atoms with Crippen LogP contribution in [-0.2, 0) is 11.3 Å². The number of anilines is 3. The highest BCUT2D eigenvalue weighted by atomic mass is 35.5. The van der Waals surface area contributed by atoms with E-state index in [0.717, 1.165) is 10.5 Å². The van der Waals surface area contributed by atoms with E-state index in [-0.39, 0.29) is 39.7 Å². The van der Waals surface area contributed by atoms with Gasteiger partial charge in [-0.25, -0.2) is 19.7 Å². The maximum Gasteiger partial charge on any atom is 0.446 e. The highest BCUT2D eigenvalue weighted by molar-refractivity contribution is 8.00. The van der Waals surface area contributed by atoms with Crippen LogP contribution in [0.5, 0.6) is 0 Å². The summed E-state index contributed by atoms with van der Waals surface area (Å²) in [5.74, 6) is 0.276. The van der Waals surface area contributed by atoms with E-state index in [0.29, 0.717) is 17.2 Å². The summed E-state index contributed by atoms with van der Waals surface area (Å²) in [5.41, 5.74) is -2.82. The van der Waals surface area contributed by atoms with Crippen LogP contribution in [0.15, 0.2) is 71.9 Å². The summed E-state index contributed by atoms with van der Waals surface area (Å²) >= 11 is 5.88. The number of aryl methyl sites for hydroxylation is 1. The van der Waals surface area contributed by atoms with Gasteiger partial charge in [-0.3, -0.25) is 9.69 Å². The lowest BCUT2D eigenvalue weighted by Gasteiger charge is -2.18. The molecule has 0 spiro atoms. The summed E-state index contributed by atoms with van der Waals surface area (Å²) in [6.45, 7) is 5.60. The number of imide groups is 1. The van der Waals surface area contributed by atoms with Crippen molar-refractivity contribution in [3.63, 3.8) is 0 Å². The number of carbonyl (C=O) groups is 2. The van der Waals surface area contributed by atoms with E-state index in [1.807, 2.05) is 19.1 Å². The van der Waals surface area contributed by atoms with Crippen LogP contribution in [0, 0.1) is 6.92 Å². The Labute approximate surface area is 207 Å². The minimum absolute atomic E-state index is 0.0277. The van der Waals surface area contributed by atoms with Gasteiger partial charge in [0.05, 0.1) is 12.2 Å². The fraction of sp³-hybridized carbons (Fsp3) is 0.130. The predicted octanol–water partition coefficient (Wildman–Crippen LogP) is 6.28. The number of alkyl halides is 3. The molecular formula is C23H17ClF3N5O2S. The van der Waals surface area contributed by atoms with E-state index < -0.39 is 17.4 Å². The molecule has 180 valence electrons. The molecule has 0 radical (unpaired) electrons. The number of nitrogens with zero attached hydrogens (tertiary/aromatic N) is 4. The number of benzene rings is 1. The second kappa shape index (κ2) is 9.59. The first-order valence-electron chi connectivity index (χ1n) is 10.1. The number of thioether (sulfide) groups is 1. The minimum atomic E-state index is -4.44. The van der Waals surface area contributed by atoms with Crippen LogP contribution in [0.25, 0.3) is 0 Å². The normalized spacial score (nSPS) is 14.1. The molecule has 4 rings (SSSR count). The summed E-state index contributed by atoms with van der Waals surface area (Å²) in [7, 11) is 0. The Bertz CT molecular complexity index is 1320. The molecule has 3 heterocycles. The van der Waals surface area contributed by atoms with E-state index >= 15 is 0 Å². The zero-order valence-electron chi connectivity index (χ0n) is 18.1. The van der Waals surface area contributed by atoms with Crippen molar-refractivity contribution in [2.75, 3.05) is 10.2 Å². The van der Waals surface area contributed by atoms with Gasteiger partial charge in [-0.05, 0) is 78.3 Å². The quantitative estimate of drug-likeness (QED) is 0.179. The van der Waals surface area contributed by atoms with Crippen LogP contribution in [0.2, 0.25) is 5.15 Å². The van der Waals surface area contributed by atoms with Crippen LogP contribution < -0.4 is 10.2 Å². The van der Waals surface area contributed by atoms with E-state index in [4.69, 9.17) is 11.6 Å². The van der Waals surface area contributed by atoms with Crippen LogP contribution in [0.3, 0.4) is 0 Å². The molecule has 1 aliphatic rings. The SMILES string of the molecule is C=C1C(=O)N(c2ccc(SC(F)(F)F)cc2)C(=O)N1Cc1cc(Cl)nc(Nc2cc(C)ccn2)c1. The number of urea groups is 1. The number of nitrogens with one attached hydrogen (secondary N) is 1. The first-order valence-corrected chi connectivity index (χ1v) is 11.3. The molecule has 0 aliphatic carbocycles. The lowest BCUT2D eigenvalue weighted by atomic mass is 10.2. The first-order chi connectivity index (χ1) is 16.5. The topological polar surface area (TPSA) is 78.4 Å². The summed E-state index contributed by atoms with van der Waals surface area (Å²) in [6.07, 6.45) is 1.64. The number of carbonyl (C=O) groups excluding carboxylic acids is 2. The number of hydrogen-bond acceptors (Lipinski definition) is 6. The molecule has 0 atom stereocenters. The number of amides is 3. The lowest BCUT2D eigenvalue weighted by molar-refractivity contribution is -0.114. The molecule has 12 heteroatoms. The van der Waals surface area contributed by atoms with Crippen molar-refractivity contribution >= 4 is 52.6 Å². The lowest BCUT2D eigenvalue weighted by Crippen LogP contribution is -2.32. The van der Waals surface area contributed by atoms with Crippen molar-refractivity contribution in [2.24, 2.45) is 0 Å². The molecule has 1 saturated heterocycles. The third kappa shape index (κ3) is 5.75. The number of pyridine rings is 2. The van der Waals surface area contributed by atoms with Crippen molar-refractivity contribution in [3.8, 4) is 0 Å². The van der Waals surface area contributed by atoms with Crippen LogP contribution in [-0.4, -0.2) is 32.3 Å². The molecule has 1 aliphatic heterocycles. The Kier molecular flexibility index (Phi) is 6.73. The maximum absolute atomic E-state index is 13.1. The molecule has 0 unspecified atom stereocenters. The monoisotopic (exact) mass is 519 g/mol. The standard InChI is InChI=1S/C23H17ClF3N5O2S/c1-13-7-8-28-19(9-13)30-20-11-15(10-18(24)29-20)12-31-14(2)21(33)32(22(31)34)16-3-5-17(6-4-16)35-23(25,26)27/h3-11H,2,12H2,1H3,(H,28,29,30). The van der Waals surface area contributed by atoms with Gasteiger partial charge in [-0.1, -0.05) is 18.2 Å². The smallest absolute Gasteiger partial charge is 0.325 e. The highest BCUT2D eigenvalue weighted by Gasteiger charge is 2.41. The largest absolute Gasteiger partial charge is 0.446 e. The Morgan fingerprint density at radius 1 is 1.09 bits per heavy atom. The molecule has 3 aromatic rings. The van der Waals surface area contributed by atoms with Gasteiger partial charge in [-0.2, -0.15) is 13.2 Å². The minimum Gasteiger partial charge on any atom is -0.325 e. The van der Waals surface area contributed by atoms with Gasteiger partial charge < -0.3 is 5.32 Å². The van der Waals surface area contributed by atoms with Gasteiger partial charge in [-0.15, -0.1) is 0 Å². The Morgan fingerprint density at radius 3 is 2.46 bits per heavy atom. The van der Waals surface area contributed by atoms with Gasteiger partial charge in [0.1, 0.15) is 22.5 Å². The van der Waals surface area contributed by atoms with Crippen molar-refractivity contribution in [1.29, 1.82) is 0 Å². The number of halogens is 4. The fourth-order valence-electron chi connectivity index (χ4n) is 3.38. The zero-order chi connectivity index (χ0) is 25.3. The molecule has 3 amide bonds. The number of hydrogen-bond donors (Lipinski definition) is 1. The maximum atomic E-state index is 13.1. The van der Waals surface area contributed by atoms with E-state index in [9.17, 15) is 22.8 Å². The Balaban J connectivity index is 1.53. The van der Waals surface area contributed by atoms with Gasteiger partial charge in [0, 0.05) is 11.1 Å². The molecule has 35 heavy (non-hydrogen) atoms. The van der Waals surface area contributed by atoms with E-state index in [2.05, 4.69) is 21.9 Å². The van der Waals surface area contributed by atoms with Crippen LogP contribution in [0.1, 0.15) is 11.1 Å². The van der Waals surface area contributed by atoms with E-state index in [1.54, 1.807) is 18.3 Å². The third-order valence-electron chi connectivity index (χ3n) is 4.89. The average molecular weight is 520 g/mol. The highest BCUT2D eigenvalue weighted by Crippen LogP contribution is 2.38. The molecule has 0 bridgehead atoms. The average Bonchev–Trinajstić information content (AvgIpc) is 2.96. The molecule has 1 aromatic carbocycles. The van der Waals surface area contributed by atoms with Gasteiger partial charge in [0.25, 0.3) is 5.91 Å². The summed E-state index contributed by atoms with van der Waals surface area (Å²) in [5, 5.41) is 3.21. The number of aromatic nitrogens is 2. The molecule has 7 nitrogen and oxygen atoms in total. The molecule has 1 fully saturated rings.